The third-order valence-corrected chi connectivity index (χ3v) is 3.03. The van der Waals surface area contributed by atoms with E-state index < -0.39 is 0 Å². The molecule has 0 radical (unpaired) electrons. The Morgan fingerprint density at radius 1 is 1.44 bits per heavy atom. The van der Waals surface area contributed by atoms with Crippen LogP contribution in [-0.4, -0.2) is 25.0 Å². The number of rotatable bonds is 1. The maximum absolute atomic E-state index is 5.88. The zero-order chi connectivity index (χ0) is 10.3. The van der Waals surface area contributed by atoms with Crippen LogP contribution >= 0.6 is 12.4 Å². The highest BCUT2D eigenvalue weighted by molar-refractivity contribution is 5.89. The van der Waals surface area contributed by atoms with Gasteiger partial charge in [-0.05, 0) is 18.6 Å². The maximum Gasteiger partial charge on any atom is 0.159 e. The second kappa shape index (κ2) is 4.34. The number of aliphatic imine (C=N–C) groups is 1. The molecule has 1 N–H and O–H groups in total. The number of nitrogens with one attached hydrogen (secondary N) is 1. The lowest BCUT2D eigenvalue weighted by atomic mass is 10.0. The van der Waals surface area contributed by atoms with Crippen molar-refractivity contribution in [1.29, 1.82) is 0 Å². The Morgan fingerprint density at radius 2 is 2.31 bits per heavy atom. The van der Waals surface area contributed by atoms with E-state index in [0.717, 1.165) is 31.1 Å². The van der Waals surface area contributed by atoms with Gasteiger partial charge in [0.05, 0.1) is 6.54 Å². The van der Waals surface area contributed by atoms with Gasteiger partial charge in [0.25, 0.3) is 0 Å². The molecule has 1 unspecified atom stereocenters. The molecule has 2 aliphatic rings. The molecule has 3 nitrogen and oxygen atoms in total. The fourth-order valence-electron chi connectivity index (χ4n) is 2.21. The van der Waals surface area contributed by atoms with Crippen molar-refractivity contribution >= 4 is 18.2 Å². The molecule has 2 heterocycles. The second-order valence-electron chi connectivity index (χ2n) is 4.06. The van der Waals surface area contributed by atoms with Crippen molar-refractivity contribution < 1.29 is 4.74 Å². The molecule has 86 valence electrons. The number of ether oxygens (including phenoxy) is 1. The Labute approximate surface area is 101 Å². The smallest absolute Gasteiger partial charge is 0.159 e. The van der Waals surface area contributed by atoms with Gasteiger partial charge in [0, 0.05) is 18.5 Å². The first-order valence-electron chi connectivity index (χ1n) is 5.38. The summed E-state index contributed by atoms with van der Waals surface area (Å²) < 4.78 is 5.88. The number of hydrogen-bond acceptors (Lipinski definition) is 3. The van der Waals surface area contributed by atoms with Gasteiger partial charge in [-0.25, -0.2) is 0 Å². The van der Waals surface area contributed by atoms with Crippen molar-refractivity contribution in [3.8, 4) is 5.75 Å². The summed E-state index contributed by atoms with van der Waals surface area (Å²) in [5.41, 5.74) is 2.65. The van der Waals surface area contributed by atoms with Crippen molar-refractivity contribution in [2.24, 2.45) is 4.99 Å². The van der Waals surface area contributed by atoms with E-state index in [1.54, 1.807) is 0 Å². The van der Waals surface area contributed by atoms with Crippen LogP contribution in [0, 0.1) is 6.92 Å². The number of aryl methyl sites for hydroxylation is 1. The van der Waals surface area contributed by atoms with Crippen LogP contribution in [0.4, 0.5) is 0 Å². The molecule has 1 aromatic rings. The fraction of sp³-hybridized carbons (Fsp3) is 0.417. The number of hydrogen-bond donors (Lipinski definition) is 1. The minimum absolute atomic E-state index is 0. The number of amidine groups is 1. The first-order chi connectivity index (χ1) is 7.34. The minimum atomic E-state index is 0. The molecule has 1 aromatic carbocycles. The van der Waals surface area contributed by atoms with Crippen LogP contribution in [0.3, 0.4) is 0 Å². The van der Waals surface area contributed by atoms with Crippen LogP contribution in [0.5, 0.6) is 5.75 Å². The molecular weight excluding hydrogens is 224 g/mol. The number of benzene rings is 1. The summed E-state index contributed by atoms with van der Waals surface area (Å²) in [6.45, 7) is 3.96. The van der Waals surface area contributed by atoms with E-state index in [0.29, 0.717) is 0 Å². The Balaban J connectivity index is 0.000000963. The monoisotopic (exact) mass is 238 g/mol. The van der Waals surface area contributed by atoms with E-state index in [9.17, 15) is 0 Å². The number of halogens is 1. The highest BCUT2D eigenvalue weighted by Crippen LogP contribution is 2.31. The van der Waals surface area contributed by atoms with Gasteiger partial charge in [-0.15, -0.1) is 12.4 Å². The fourth-order valence-corrected chi connectivity index (χ4v) is 2.21. The molecule has 0 bridgehead atoms. The first-order valence-corrected chi connectivity index (χ1v) is 5.38. The largest absolute Gasteiger partial charge is 0.482 e. The lowest BCUT2D eigenvalue weighted by molar-refractivity contribution is 0.298. The van der Waals surface area contributed by atoms with E-state index in [1.807, 2.05) is 12.1 Å². The zero-order valence-corrected chi connectivity index (χ0v) is 10.0. The zero-order valence-electron chi connectivity index (χ0n) is 9.19. The molecule has 0 aromatic heterocycles. The van der Waals surface area contributed by atoms with Gasteiger partial charge >= 0.3 is 0 Å². The number of fused-ring (bicyclic) bond motifs is 1. The Bertz CT molecular complexity index is 431. The van der Waals surface area contributed by atoms with Crippen LogP contribution in [-0.2, 0) is 6.42 Å². The molecule has 3 rings (SSSR count). The summed E-state index contributed by atoms with van der Waals surface area (Å²) in [6.07, 6.45) is 1.07. The molecule has 16 heavy (non-hydrogen) atoms. The van der Waals surface area contributed by atoms with E-state index in [4.69, 9.17) is 4.74 Å². The van der Waals surface area contributed by atoms with E-state index in [2.05, 4.69) is 23.3 Å². The topological polar surface area (TPSA) is 33.6 Å². The third kappa shape index (κ3) is 1.76. The summed E-state index contributed by atoms with van der Waals surface area (Å²) in [6, 6.07) is 6.22. The molecule has 0 spiro atoms. The lowest BCUT2D eigenvalue weighted by Gasteiger charge is -2.10. The highest BCUT2D eigenvalue weighted by atomic mass is 35.5. The molecule has 1 atom stereocenters. The van der Waals surface area contributed by atoms with E-state index in [-0.39, 0.29) is 18.5 Å². The molecule has 0 fully saturated rings. The minimum Gasteiger partial charge on any atom is -0.482 e. The third-order valence-electron chi connectivity index (χ3n) is 3.03. The van der Waals surface area contributed by atoms with Gasteiger partial charge in [0.1, 0.15) is 11.6 Å². The molecule has 2 aliphatic heterocycles. The quantitative estimate of drug-likeness (QED) is 0.809. The normalized spacial score (nSPS) is 21.6. The standard InChI is InChI=1S/C12H14N2O.ClH/c1-8-3-2-4-10-9(8)7-11(15-10)12-13-5-6-14-12;/h2-4,11H,5-7H2,1H3,(H,13,14);1H. The van der Waals surface area contributed by atoms with Crippen LogP contribution in [0.1, 0.15) is 11.1 Å². The van der Waals surface area contributed by atoms with Crippen LogP contribution in [0.25, 0.3) is 0 Å². The molecule has 0 saturated carbocycles. The lowest BCUT2D eigenvalue weighted by Crippen LogP contribution is -2.34. The molecule has 0 aliphatic carbocycles. The van der Waals surface area contributed by atoms with Gasteiger partial charge in [-0.2, -0.15) is 0 Å². The molecule has 0 saturated heterocycles. The van der Waals surface area contributed by atoms with Crippen molar-refractivity contribution in [3.05, 3.63) is 29.3 Å². The van der Waals surface area contributed by atoms with Gasteiger partial charge in [0.2, 0.25) is 0 Å². The maximum atomic E-state index is 5.88. The van der Waals surface area contributed by atoms with E-state index in [1.165, 1.54) is 11.1 Å². The Hall–Kier alpha value is -1.22. The molecular formula is C12H15ClN2O. The van der Waals surface area contributed by atoms with Crippen molar-refractivity contribution in [2.75, 3.05) is 13.1 Å². The van der Waals surface area contributed by atoms with Crippen molar-refractivity contribution in [3.63, 3.8) is 0 Å². The second-order valence-corrected chi connectivity index (χ2v) is 4.06. The first kappa shape index (κ1) is 11.3. The summed E-state index contributed by atoms with van der Waals surface area (Å²) in [5, 5.41) is 3.28. The van der Waals surface area contributed by atoms with Gasteiger partial charge < -0.3 is 10.1 Å². The van der Waals surface area contributed by atoms with Crippen LogP contribution in [0.2, 0.25) is 0 Å². The highest BCUT2D eigenvalue weighted by Gasteiger charge is 2.29. The Kier molecular flexibility index (Phi) is 3.06. The Morgan fingerprint density at radius 3 is 3.00 bits per heavy atom. The van der Waals surface area contributed by atoms with Crippen molar-refractivity contribution in [2.45, 2.75) is 19.4 Å². The average molecular weight is 239 g/mol. The van der Waals surface area contributed by atoms with E-state index >= 15 is 0 Å². The summed E-state index contributed by atoms with van der Waals surface area (Å²) >= 11 is 0. The predicted octanol–water partition coefficient (Wildman–Crippen LogP) is 1.72. The average Bonchev–Trinajstić information content (AvgIpc) is 2.86. The predicted molar refractivity (Wildman–Crippen MR) is 66.9 cm³/mol. The van der Waals surface area contributed by atoms with Gasteiger partial charge in [-0.3, -0.25) is 4.99 Å². The summed E-state index contributed by atoms with van der Waals surface area (Å²) in [5.74, 6) is 2.04. The summed E-state index contributed by atoms with van der Waals surface area (Å²) in [4.78, 5) is 4.41. The van der Waals surface area contributed by atoms with Crippen LogP contribution in [0.15, 0.2) is 23.2 Å². The SMILES string of the molecule is Cc1cccc2c1CC(C1=NCCN1)O2.Cl. The molecule has 0 amide bonds. The molecule has 4 heteroatoms. The summed E-state index contributed by atoms with van der Waals surface area (Å²) in [7, 11) is 0. The van der Waals surface area contributed by atoms with Gasteiger partial charge in [0.15, 0.2) is 6.10 Å². The number of nitrogens with zero attached hydrogens (tertiary/aromatic N) is 1. The van der Waals surface area contributed by atoms with Crippen LogP contribution < -0.4 is 10.1 Å². The van der Waals surface area contributed by atoms with Crippen molar-refractivity contribution in [1.82, 2.24) is 5.32 Å². The van der Waals surface area contributed by atoms with Gasteiger partial charge in [-0.1, -0.05) is 12.1 Å².